The van der Waals surface area contributed by atoms with Crippen molar-refractivity contribution in [2.75, 3.05) is 23.3 Å². The number of sulfonamides is 1. The Hall–Kier alpha value is -0.720. The quantitative estimate of drug-likeness (QED) is 0.766. The Kier molecular flexibility index (Phi) is 4.44. The molecule has 4 nitrogen and oxygen atoms in total. The summed E-state index contributed by atoms with van der Waals surface area (Å²) in [6.45, 7) is -0.378. The van der Waals surface area contributed by atoms with E-state index in [2.05, 4.69) is 4.72 Å². The van der Waals surface area contributed by atoms with Crippen LogP contribution in [0.15, 0.2) is 29.2 Å². The highest BCUT2D eigenvalue weighted by molar-refractivity contribution is 7.99. The summed E-state index contributed by atoms with van der Waals surface area (Å²) in [7, 11) is -3.43. The number of hydrogen-bond acceptors (Lipinski definition) is 4. The van der Waals surface area contributed by atoms with E-state index in [4.69, 9.17) is 5.11 Å². The maximum absolute atomic E-state index is 11.4. The molecule has 0 radical (unpaired) electrons. The van der Waals surface area contributed by atoms with Crippen LogP contribution in [-0.2, 0) is 10.0 Å². The van der Waals surface area contributed by atoms with Gasteiger partial charge < -0.3 is 5.11 Å². The van der Waals surface area contributed by atoms with Gasteiger partial charge in [0, 0.05) is 4.90 Å². The summed E-state index contributed by atoms with van der Waals surface area (Å²) in [5.41, 5.74) is 0.554. The van der Waals surface area contributed by atoms with Crippen LogP contribution in [-0.4, -0.2) is 32.1 Å². The maximum atomic E-state index is 11.4. The first-order valence-corrected chi connectivity index (χ1v) is 7.21. The smallest absolute Gasteiger partial charge is 0.235 e. The Morgan fingerprint density at radius 3 is 2.67 bits per heavy atom. The minimum absolute atomic E-state index is 0.282. The number of rotatable bonds is 5. The van der Waals surface area contributed by atoms with Gasteiger partial charge in [0.05, 0.1) is 18.0 Å². The van der Waals surface area contributed by atoms with Gasteiger partial charge in [-0.15, -0.1) is 11.8 Å². The lowest BCUT2D eigenvalue weighted by molar-refractivity contribution is 0.320. The number of thioether (sulfide) groups is 1. The van der Waals surface area contributed by atoms with Crippen molar-refractivity contribution in [3.63, 3.8) is 0 Å². The molecule has 0 fully saturated rings. The van der Waals surface area contributed by atoms with Crippen LogP contribution in [0.3, 0.4) is 0 Å². The van der Waals surface area contributed by atoms with Crippen LogP contribution < -0.4 is 4.72 Å². The second-order valence-electron chi connectivity index (χ2n) is 2.84. The molecule has 0 bridgehead atoms. The van der Waals surface area contributed by atoms with Crippen LogP contribution in [0.4, 0.5) is 5.69 Å². The Bertz CT molecular complexity index is 417. The van der Waals surface area contributed by atoms with Crippen molar-refractivity contribution < 1.29 is 13.5 Å². The van der Waals surface area contributed by atoms with E-state index in [0.717, 1.165) is 4.90 Å². The third kappa shape index (κ3) is 3.73. The molecule has 6 heteroatoms. The number of benzene rings is 1. The molecular weight excluding hydrogens is 234 g/mol. The predicted molar refractivity (Wildman–Crippen MR) is 62.7 cm³/mol. The lowest BCUT2D eigenvalue weighted by Gasteiger charge is -2.09. The Labute approximate surface area is 93.8 Å². The minimum Gasteiger partial charge on any atom is -0.395 e. The van der Waals surface area contributed by atoms with E-state index in [-0.39, 0.29) is 12.4 Å². The van der Waals surface area contributed by atoms with Gasteiger partial charge in [-0.05, 0) is 18.4 Å². The van der Waals surface area contributed by atoms with Crippen LogP contribution in [0.25, 0.3) is 0 Å². The van der Waals surface area contributed by atoms with Crippen molar-refractivity contribution in [1.29, 1.82) is 0 Å². The van der Waals surface area contributed by atoms with Gasteiger partial charge in [0.15, 0.2) is 0 Å². The zero-order valence-corrected chi connectivity index (χ0v) is 9.94. The molecule has 0 saturated carbocycles. The van der Waals surface area contributed by atoms with Gasteiger partial charge in [0.2, 0.25) is 10.0 Å². The van der Waals surface area contributed by atoms with Gasteiger partial charge in [-0.2, -0.15) is 0 Å². The van der Waals surface area contributed by atoms with E-state index in [9.17, 15) is 8.42 Å². The van der Waals surface area contributed by atoms with Crippen molar-refractivity contribution >= 4 is 27.5 Å². The van der Waals surface area contributed by atoms with Gasteiger partial charge in [-0.25, -0.2) is 8.42 Å². The summed E-state index contributed by atoms with van der Waals surface area (Å²) >= 11 is 1.46. The molecule has 0 unspecified atom stereocenters. The molecule has 0 saturated heterocycles. The lowest BCUT2D eigenvalue weighted by Crippen LogP contribution is -2.19. The van der Waals surface area contributed by atoms with Crippen LogP contribution in [0.5, 0.6) is 0 Å². The van der Waals surface area contributed by atoms with Crippen LogP contribution in [0.2, 0.25) is 0 Å². The molecule has 1 rings (SSSR count). The highest BCUT2D eigenvalue weighted by atomic mass is 32.2. The summed E-state index contributed by atoms with van der Waals surface area (Å²) in [5, 5.41) is 8.58. The molecule has 0 aliphatic heterocycles. The highest BCUT2D eigenvalue weighted by Gasteiger charge is 2.11. The first kappa shape index (κ1) is 12.4. The van der Waals surface area contributed by atoms with E-state index in [1.165, 1.54) is 11.8 Å². The molecule has 0 amide bonds. The topological polar surface area (TPSA) is 66.4 Å². The number of nitrogens with one attached hydrogen (secondary N) is 1. The molecular formula is C9H13NO3S2. The Balaban J connectivity index is 2.89. The van der Waals surface area contributed by atoms with E-state index in [1.54, 1.807) is 12.1 Å². The second kappa shape index (κ2) is 5.39. The zero-order chi connectivity index (χ0) is 11.3. The van der Waals surface area contributed by atoms with Gasteiger partial charge in [0.25, 0.3) is 0 Å². The lowest BCUT2D eigenvalue weighted by atomic mass is 10.3. The van der Waals surface area contributed by atoms with Gasteiger partial charge >= 0.3 is 0 Å². The molecule has 84 valence electrons. The molecule has 0 aliphatic carbocycles. The zero-order valence-electron chi connectivity index (χ0n) is 8.30. The Morgan fingerprint density at radius 1 is 1.40 bits per heavy atom. The number of aliphatic hydroxyl groups is 1. The first-order chi connectivity index (χ1) is 7.09. The summed E-state index contributed by atoms with van der Waals surface area (Å²) in [6, 6.07) is 7.13. The molecule has 0 aliphatic rings. The highest BCUT2D eigenvalue weighted by Crippen LogP contribution is 2.25. The van der Waals surface area contributed by atoms with Gasteiger partial charge in [0.1, 0.15) is 0 Å². The molecule has 1 aromatic rings. The fourth-order valence-electron chi connectivity index (χ4n) is 1.07. The third-order valence-electron chi connectivity index (χ3n) is 1.73. The molecule has 0 heterocycles. The fraction of sp³-hybridized carbons (Fsp3) is 0.333. The first-order valence-electron chi connectivity index (χ1n) is 4.33. The monoisotopic (exact) mass is 247 g/mol. The third-order valence-corrected chi connectivity index (χ3v) is 3.78. The average Bonchev–Trinajstić information content (AvgIpc) is 2.17. The second-order valence-corrected chi connectivity index (χ2v) is 5.53. The normalized spacial score (nSPS) is 11.3. The van der Waals surface area contributed by atoms with E-state index in [0.29, 0.717) is 5.69 Å². The summed E-state index contributed by atoms with van der Waals surface area (Å²) in [6.07, 6.45) is 1.87. The standard InChI is InChI=1S/C9H13NO3S2/c1-14-9-5-3-2-4-8(9)10-15(12,13)7-6-11/h2-5,10-11H,6-7H2,1H3. The summed E-state index contributed by atoms with van der Waals surface area (Å²) in [4.78, 5) is 0.860. The molecule has 0 atom stereocenters. The molecule has 2 N–H and O–H groups in total. The largest absolute Gasteiger partial charge is 0.395 e. The van der Waals surface area contributed by atoms with E-state index in [1.807, 2.05) is 18.4 Å². The average molecular weight is 247 g/mol. The van der Waals surface area contributed by atoms with E-state index < -0.39 is 10.0 Å². The van der Waals surface area contributed by atoms with Crippen LogP contribution >= 0.6 is 11.8 Å². The number of anilines is 1. The molecule has 0 aromatic heterocycles. The van der Waals surface area contributed by atoms with Crippen molar-refractivity contribution in [1.82, 2.24) is 0 Å². The maximum Gasteiger partial charge on any atom is 0.235 e. The summed E-state index contributed by atoms with van der Waals surface area (Å²) in [5.74, 6) is -0.282. The van der Waals surface area contributed by atoms with Crippen LogP contribution in [0.1, 0.15) is 0 Å². The number of para-hydroxylation sites is 1. The van der Waals surface area contributed by atoms with Crippen LogP contribution in [0, 0.1) is 0 Å². The van der Waals surface area contributed by atoms with Gasteiger partial charge in [-0.1, -0.05) is 12.1 Å². The number of hydrogen-bond donors (Lipinski definition) is 2. The van der Waals surface area contributed by atoms with E-state index >= 15 is 0 Å². The Morgan fingerprint density at radius 2 is 2.07 bits per heavy atom. The van der Waals surface area contributed by atoms with Crippen molar-refractivity contribution in [2.24, 2.45) is 0 Å². The summed E-state index contributed by atoms with van der Waals surface area (Å²) < 4.78 is 25.2. The fourth-order valence-corrected chi connectivity index (χ4v) is 2.54. The van der Waals surface area contributed by atoms with Crippen molar-refractivity contribution in [3.05, 3.63) is 24.3 Å². The van der Waals surface area contributed by atoms with Gasteiger partial charge in [-0.3, -0.25) is 4.72 Å². The van der Waals surface area contributed by atoms with Crippen molar-refractivity contribution in [2.45, 2.75) is 4.90 Å². The SMILES string of the molecule is CSc1ccccc1NS(=O)(=O)CCO. The minimum atomic E-state index is -3.43. The predicted octanol–water partition coefficient (Wildman–Crippen LogP) is 1.14. The molecule has 0 spiro atoms. The number of aliphatic hydroxyl groups excluding tert-OH is 1. The van der Waals surface area contributed by atoms with Crippen molar-refractivity contribution in [3.8, 4) is 0 Å². The molecule has 1 aromatic carbocycles. The molecule has 15 heavy (non-hydrogen) atoms.